The van der Waals surface area contributed by atoms with Crippen LogP contribution >= 0.6 is 0 Å². The molecule has 2 aromatic heterocycles. The van der Waals surface area contributed by atoms with Gasteiger partial charge in [-0.2, -0.15) is 14.4 Å². The smallest absolute Gasteiger partial charge is 0.323 e. The van der Waals surface area contributed by atoms with Gasteiger partial charge in [-0.3, -0.25) is 10.1 Å². The van der Waals surface area contributed by atoms with Crippen molar-refractivity contribution in [3.63, 3.8) is 0 Å². The number of aromatic nitrogens is 4. The van der Waals surface area contributed by atoms with Gasteiger partial charge in [0.05, 0.1) is 32.8 Å². The second kappa shape index (κ2) is 18.2. The lowest BCUT2D eigenvalue weighted by Gasteiger charge is -2.32. The molecule has 3 rings (SSSR count). The lowest BCUT2D eigenvalue weighted by molar-refractivity contribution is -0.147. The summed E-state index contributed by atoms with van der Waals surface area (Å²) >= 11 is 0. The normalized spacial score (nSPS) is 14.2. The number of benzene rings is 1. The van der Waals surface area contributed by atoms with Gasteiger partial charge >= 0.3 is 12.0 Å². The summed E-state index contributed by atoms with van der Waals surface area (Å²) < 4.78 is 32.1. The van der Waals surface area contributed by atoms with Crippen molar-refractivity contribution in [2.45, 2.75) is 89.0 Å². The molecule has 0 aliphatic rings. The van der Waals surface area contributed by atoms with Crippen molar-refractivity contribution in [3.05, 3.63) is 48.3 Å². The zero-order chi connectivity index (χ0) is 31.8. The number of rotatable bonds is 21. The van der Waals surface area contributed by atoms with Crippen LogP contribution in [-0.4, -0.2) is 75.4 Å². The van der Waals surface area contributed by atoms with Crippen molar-refractivity contribution >= 4 is 23.0 Å². The molecule has 0 saturated heterocycles. The van der Waals surface area contributed by atoms with Crippen molar-refractivity contribution in [2.24, 2.45) is 0 Å². The zero-order valence-corrected chi connectivity index (χ0v) is 25.7. The molecular weight excluding hydrogens is 567 g/mol. The van der Waals surface area contributed by atoms with Crippen LogP contribution in [0.3, 0.4) is 0 Å². The maximum absolute atomic E-state index is 13.8. The third-order valence-electron chi connectivity index (χ3n) is 7.54. The fraction of sp³-hybridized carbons (Fsp3) is 0.562. The average molecular weight is 613 g/mol. The average Bonchev–Trinajstić information content (AvgIpc) is 3.42. The van der Waals surface area contributed by atoms with Crippen molar-refractivity contribution in [3.8, 4) is 12.3 Å². The van der Waals surface area contributed by atoms with E-state index in [1.165, 1.54) is 50.1 Å². The van der Waals surface area contributed by atoms with E-state index in [9.17, 15) is 14.3 Å². The first kappa shape index (κ1) is 34.9. The van der Waals surface area contributed by atoms with Crippen molar-refractivity contribution in [1.29, 1.82) is 0 Å². The maximum Gasteiger partial charge on any atom is 0.323 e. The second-order valence-electron chi connectivity index (χ2n) is 10.8. The van der Waals surface area contributed by atoms with E-state index in [0.29, 0.717) is 13.0 Å². The number of nitrogens with two attached hydrogens (primary N) is 1. The number of carbonyl (C=O) groups excluding carboxylic acids is 1. The summed E-state index contributed by atoms with van der Waals surface area (Å²) in [7, 11) is 1.35. The quantitative estimate of drug-likeness (QED) is 0.0534. The first-order valence-electron chi connectivity index (χ1n) is 15.2. The molecule has 44 heavy (non-hydrogen) atoms. The van der Waals surface area contributed by atoms with Crippen LogP contribution in [-0.2, 0) is 32.0 Å². The number of hydrogen-bond acceptors (Lipinski definition) is 10. The number of aliphatic hydroxyl groups is 1. The van der Waals surface area contributed by atoms with E-state index in [1.807, 2.05) is 30.3 Å². The number of hydrogen-bond donors (Lipinski definition) is 3. The number of imidazole rings is 1. The molecule has 4 N–H and O–H groups in total. The minimum atomic E-state index is -1.57. The summed E-state index contributed by atoms with van der Waals surface area (Å²) in [5, 5.41) is 14.2. The molecule has 0 aliphatic heterocycles. The number of esters is 1. The minimum absolute atomic E-state index is 0.0627. The molecule has 0 bridgehead atoms. The van der Waals surface area contributed by atoms with Crippen molar-refractivity contribution in [1.82, 2.24) is 24.8 Å². The lowest BCUT2D eigenvalue weighted by atomic mass is 9.98. The summed E-state index contributed by atoms with van der Waals surface area (Å²) in [4.78, 5) is 24.3. The van der Waals surface area contributed by atoms with Gasteiger partial charge in [0, 0.05) is 7.11 Å². The van der Waals surface area contributed by atoms with Crippen LogP contribution < -0.4 is 11.1 Å². The fourth-order valence-corrected chi connectivity index (χ4v) is 4.85. The van der Waals surface area contributed by atoms with E-state index in [4.69, 9.17) is 26.4 Å². The number of ether oxygens (including phenoxy) is 3. The van der Waals surface area contributed by atoms with Crippen LogP contribution in [0.4, 0.5) is 10.2 Å². The molecule has 2 heterocycles. The largest absolute Gasteiger partial charge is 0.465 e. The summed E-state index contributed by atoms with van der Waals surface area (Å²) in [6.07, 6.45) is 14.5. The molecule has 3 atom stereocenters. The zero-order valence-electron chi connectivity index (χ0n) is 25.7. The predicted octanol–water partition coefficient (Wildman–Crippen LogP) is 3.79. The Hall–Kier alpha value is -3.63. The molecule has 1 unspecified atom stereocenters. The Bertz CT molecular complexity index is 1330. The summed E-state index contributed by atoms with van der Waals surface area (Å²) in [6.45, 7) is 2.16. The van der Waals surface area contributed by atoms with E-state index >= 15 is 0 Å². The number of nitrogens with zero attached hydrogens (tertiary/aromatic N) is 4. The van der Waals surface area contributed by atoms with Crippen LogP contribution in [0.1, 0.15) is 63.9 Å². The highest BCUT2D eigenvalue weighted by Gasteiger charge is 2.38. The number of aliphatic hydroxyl groups excluding tert-OH is 1. The van der Waals surface area contributed by atoms with Crippen LogP contribution in [0.15, 0.2) is 36.7 Å². The number of terminal acetylenes is 1. The van der Waals surface area contributed by atoms with Crippen LogP contribution in [0.5, 0.6) is 0 Å². The van der Waals surface area contributed by atoms with Gasteiger partial charge < -0.3 is 29.6 Å². The highest BCUT2D eigenvalue weighted by atomic mass is 19.1. The van der Waals surface area contributed by atoms with Crippen molar-refractivity contribution < 1.29 is 28.5 Å². The van der Waals surface area contributed by atoms with E-state index < -0.39 is 23.8 Å². The SMILES string of the molecule is C#CC(COCN[C@@H](Cc1ccccc1)C(=O)OCCCCCCCCCC)(OC)[C@@H](O)Cn1cnc2c(N)nc(F)nc21. The minimum Gasteiger partial charge on any atom is -0.465 e. The number of carbonyl (C=O) groups is 1. The third-order valence-corrected chi connectivity index (χ3v) is 7.54. The molecule has 0 aliphatic carbocycles. The van der Waals surface area contributed by atoms with E-state index in [2.05, 4.69) is 33.1 Å². The molecular formula is C32H45FN6O5. The second-order valence-corrected chi connectivity index (χ2v) is 10.8. The number of anilines is 1. The number of fused-ring (bicyclic) bond motifs is 1. The Labute approximate surface area is 258 Å². The Balaban J connectivity index is 1.53. The number of nitrogens with one attached hydrogen (secondary N) is 1. The Kier molecular flexibility index (Phi) is 14.5. The monoisotopic (exact) mass is 612 g/mol. The first-order chi connectivity index (χ1) is 21.3. The number of methoxy groups -OCH3 is 1. The lowest BCUT2D eigenvalue weighted by Crippen LogP contribution is -2.50. The van der Waals surface area contributed by atoms with E-state index in [0.717, 1.165) is 24.8 Å². The highest BCUT2D eigenvalue weighted by molar-refractivity contribution is 5.81. The summed E-state index contributed by atoms with van der Waals surface area (Å²) in [5.74, 6) is 1.99. The van der Waals surface area contributed by atoms with Gasteiger partial charge in [0.15, 0.2) is 17.1 Å². The maximum atomic E-state index is 13.8. The van der Waals surface area contributed by atoms with Gasteiger partial charge in [-0.25, -0.2) is 4.98 Å². The van der Waals surface area contributed by atoms with Crippen LogP contribution in [0.25, 0.3) is 11.2 Å². The Morgan fingerprint density at radius 1 is 1.16 bits per heavy atom. The van der Waals surface area contributed by atoms with Gasteiger partial charge in [-0.05, 0) is 18.4 Å². The topological polar surface area (TPSA) is 147 Å². The fourth-order valence-electron chi connectivity index (χ4n) is 4.85. The van der Waals surface area contributed by atoms with Gasteiger partial charge in [-0.15, -0.1) is 6.42 Å². The van der Waals surface area contributed by atoms with E-state index in [-0.39, 0.29) is 42.8 Å². The molecule has 3 aromatic rings. The molecule has 0 fully saturated rings. The Morgan fingerprint density at radius 2 is 1.86 bits per heavy atom. The molecule has 0 radical (unpaired) electrons. The predicted molar refractivity (Wildman–Crippen MR) is 166 cm³/mol. The highest BCUT2D eigenvalue weighted by Crippen LogP contribution is 2.21. The number of unbranched alkanes of at least 4 members (excludes halogenated alkanes) is 7. The van der Waals surface area contributed by atoms with Gasteiger partial charge in [0.2, 0.25) is 0 Å². The summed E-state index contributed by atoms with van der Waals surface area (Å²) in [6, 6.07) is 8.96. The Morgan fingerprint density at radius 3 is 2.55 bits per heavy atom. The first-order valence-corrected chi connectivity index (χ1v) is 15.2. The summed E-state index contributed by atoms with van der Waals surface area (Å²) in [5.41, 5.74) is 5.43. The number of halogens is 1. The number of nitrogen functional groups attached to an aromatic ring is 1. The molecule has 0 spiro atoms. The standard InChI is InChI=1S/C32H45FN6O5/c1-4-6-7-8-9-10-11-15-18-44-30(41)25(19-24-16-13-12-14-17-24)36-23-43-21-32(5-2,42-3)26(40)20-39-22-35-27-28(34)37-31(33)38-29(27)39/h2,12-14,16-17,22,25-26,36,40H,4,6-11,15,18-21,23H2,1,3H3,(H2,34,37,38)/t25-,26-,32?/m0/s1. The molecule has 12 heteroatoms. The molecule has 0 amide bonds. The van der Waals surface area contributed by atoms with Crippen LogP contribution in [0.2, 0.25) is 0 Å². The van der Waals surface area contributed by atoms with Crippen LogP contribution in [0, 0.1) is 18.4 Å². The third kappa shape index (κ3) is 10.2. The molecule has 240 valence electrons. The molecule has 0 saturated carbocycles. The van der Waals surface area contributed by atoms with Gasteiger partial charge in [-0.1, -0.05) is 88.1 Å². The van der Waals surface area contributed by atoms with E-state index in [1.54, 1.807) is 0 Å². The van der Waals surface area contributed by atoms with Gasteiger partial charge in [0.1, 0.15) is 17.7 Å². The molecule has 11 nitrogen and oxygen atoms in total. The molecule has 1 aromatic carbocycles. The van der Waals surface area contributed by atoms with Crippen molar-refractivity contribution in [2.75, 3.05) is 32.8 Å². The van der Waals surface area contributed by atoms with Gasteiger partial charge in [0.25, 0.3) is 0 Å².